The number of benzene rings is 2. The molecule has 0 aliphatic heterocycles. The highest BCUT2D eigenvalue weighted by atomic mass is 16.5. The molecule has 1 amide bonds. The van der Waals surface area contributed by atoms with Gasteiger partial charge < -0.3 is 28.8 Å². The van der Waals surface area contributed by atoms with Crippen LogP contribution in [0.3, 0.4) is 0 Å². The van der Waals surface area contributed by atoms with Gasteiger partial charge in [0.1, 0.15) is 24.7 Å². The van der Waals surface area contributed by atoms with Crippen LogP contribution in [-0.4, -0.2) is 38.5 Å². The lowest BCUT2D eigenvalue weighted by atomic mass is 10.1. The third-order valence-electron chi connectivity index (χ3n) is 5.26. The van der Waals surface area contributed by atoms with Gasteiger partial charge in [0.2, 0.25) is 0 Å². The molecule has 8 heteroatoms. The van der Waals surface area contributed by atoms with E-state index in [2.05, 4.69) is 10.5 Å². The topological polar surface area (TPSA) is 92.1 Å². The van der Waals surface area contributed by atoms with E-state index in [1.165, 1.54) is 0 Å². The van der Waals surface area contributed by atoms with E-state index < -0.39 is 0 Å². The fraction of sp³-hybridized carbons (Fsp3) is 0.360. The predicted octanol–water partition coefficient (Wildman–Crippen LogP) is 4.40. The number of nitrogens with zero attached hydrogens (tertiary/aromatic N) is 1. The molecule has 1 atom stereocenters. The van der Waals surface area contributed by atoms with Crippen LogP contribution in [0.1, 0.15) is 45.9 Å². The first-order valence-electron chi connectivity index (χ1n) is 10.7. The van der Waals surface area contributed by atoms with E-state index in [1.807, 2.05) is 39.0 Å². The second-order valence-electron chi connectivity index (χ2n) is 7.56. The number of aromatic nitrogens is 1. The normalized spacial score (nSPS) is 11.7. The lowest BCUT2D eigenvalue weighted by Gasteiger charge is -2.17. The van der Waals surface area contributed by atoms with E-state index in [0.29, 0.717) is 42.6 Å². The number of ether oxygens (including phenoxy) is 4. The van der Waals surface area contributed by atoms with E-state index in [-0.39, 0.29) is 11.9 Å². The third kappa shape index (κ3) is 6.26. The van der Waals surface area contributed by atoms with E-state index in [0.717, 1.165) is 22.6 Å². The van der Waals surface area contributed by atoms with Gasteiger partial charge in [0, 0.05) is 12.7 Å². The smallest absolute Gasteiger partial charge is 0.251 e. The van der Waals surface area contributed by atoms with E-state index in [9.17, 15) is 4.79 Å². The highest BCUT2D eigenvalue weighted by Crippen LogP contribution is 2.30. The van der Waals surface area contributed by atoms with Crippen LogP contribution in [0, 0.1) is 13.8 Å². The zero-order valence-electron chi connectivity index (χ0n) is 19.6. The molecule has 1 heterocycles. The zero-order valence-corrected chi connectivity index (χ0v) is 19.6. The summed E-state index contributed by atoms with van der Waals surface area (Å²) in [5.41, 5.74) is 3.18. The van der Waals surface area contributed by atoms with Crippen molar-refractivity contribution in [2.45, 2.75) is 33.4 Å². The fourth-order valence-corrected chi connectivity index (χ4v) is 3.24. The molecule has 0 fully saturated rings. The summed E-state index contributed by atoms with van der Waals surface area (Å²) in [6.07, 6.45) is 0. The predicted molar refractivity (Wildman–Crippen MR) is 123 cm³/mol. The maximum absolute atomic E-state index is 12.7. The van der Waals surface area contributed by atoms with Crippen molar-refractivity contribution in [3.8, 4) is 17.2 Å². The Morgan fingerprint density at radius 2 is 1.79 bits per heavy atom. The fourth-order valence-electron chi connectivity index (χ4n) is 3.24. The van der Waals surface area contributed by atoms with E-state index >= 15 is 0 Å². The average Bonchev–Trinajstić information content (AvgIpc) is 3.15. The number of hydrogen-bond acceptors (Lipinski definition) is 7. The Morgan fingerprint density at radius 1 is 1.03 bits per heavy atom. The van der Waals surface area contributed by atoms with Gasteiger partial charge in [-0.2, -0.15) is 0 Å². The number of carbonyl (C=O) groups is 1. The lowest BCUT2D eigenvalue weighted by Crippen LogP contribution is -2.26. The van der Waals surface area contributed by atoms with Crippen molar-refractivity contribution in [3.63, 3.8) is 0 Å². The molecule has 1 unspecified atom stereocenters. The molecule has 33 heavy (non-hydrogen) atoms. The highest BCUT2D eigenvalue weighted by Gasteiger charge is 2.15. The van der Waals surface area contributed by atoms with Crippen molar-refractivity contribution in [2.24, 2.45) is 0 Å². The summed E-state index contributed by atoms with van der Waals surface area (Å²) >= 11 is 0. The zero-order chi connectivity index (χ0) is 23.8. The summed E-state index contributed by atoms with van der Waals surface area (Å²) in [6.45, 7) is 6.92. The Hall–Kier alpha value is -3.52. The van der Waals surface area contributed by atoms with Crippen LogP contribution >= 0.6 is 0 Å². The SMILES string of the molecule is COCCOc1ccc(C(C)NC(=O)c2ccc(OCc3c(C)noc3C)cc2)cc1OC. The molecule has 0 spiro atoms. The van der Waals surface area contributed by atoms with Crippen LogP contribution in [0.5, 0.6) is 17.2 Å². The molecule has 3 rings (SSSR count). The Labute approximate surface area is 193 Å². The summed E-state index contributed by atoms with van der Waals surface area (Å²) in [4.78, 5) is 12.7. The van der Waals surface area contributed by atoms with Crippen LogP contribution in [-0.2, 0) is 11.3 Å². The van der Waals surface area contributed by atoms with Gasteiger partial charge in [-0.15, -0.1) is 0 Å². The molecule has 0 saturated heterocycles. The minimum absolute atomic E-state index is 0.181. The minimum Gasteiger partial charge on any atom is -0.493 e. The van der Waals surface area contributed by atoms with Crippen LogP contribution in [0.25, 0.3) is 0 Å². The molecule has 0 saturated carbocycles. The number of hydrogen-bond donors (Lipinski definition) is 1. The number of methoxy groups -OCH3 is 2. The van der Waals surface area contributed by atoms with Crippen molar-refractivity contribution < 1.29 is 28.3 Å². The number of rotatable bonds is 11. The lowest BCUT2D eigenvalue weighted by molar-refractivity contribution is 0.0939. The van der Waals surface area contributed by atoms with Gasteiger partial charge in [-0.3, -0.25) is 4.79 Å². The molecule has 0 radical (unpaired) electrons. The monoisotopic (exact) mass is 454 g/mol. The van der Waals surface area contributed by atoms with E-state index in [4.69, 9.17) is 23.5 Å². The minimum atomic E-state index is -0.227. The number of nitrogens with one attached hydrogen (secondary N) is 1. The van der Waals surface area contributed by atoms with Crippen LogP contribution < -0.4 is 19.5 Å². The Morgan fingerprint density at radius 3 is 2.42 bits per heavy atom. The first kappa shape index (κ1) is 24.1. The Bertz CT molecular complexity index is 1040. The van der Waals surface area contributed by atoms with Crippen molar-refractivity contribution in [1.82, 2.24) is 10.5 Å². The first-order valence-corrected chi connectivity index (χ1v) is 10.7. The van der Waals surface area contributed by atoms with Gasteiger partial charge in [-0.25, -0.2) is 0 Å². The summed E-state index contributed by atoms with van der Waals surface area (Å²) in [5.74, 6) is 2.45. The van der Waals surface area contributed by atoms with Gasteiger partial charge in [0.15, 0.2) is 11.5 Å². The molecule has 176 valence electrons. The van der Waals surface area contributed by atoms with Gasteiger partial charge in [0.05, 0.1) is 31.0 Å². The van der Waals surface area contributed by atoms with Crippen LogP contribution in [0.2, 0.25) is 0 Å². The summed E-state index contributed by atoms with van der Waals surface area (Å²) in [7, 11) is 3.20. The molecule has 1 N–H and O–H groups in total. The van der Waals surface area contributed by atoms with E-state index in [1.54, 1.807) is 38.5 Å². The molecular formula is C25H30N2O6. The molecule has 0 aliphatic carbocycles. The number of carbonyl (C=O) groups excluding carboxylic acids is 1. The van der Waals surface area contributed by atoms with Crippen molar-refractivity contribution in [1.29, 1.82) is 0 Å². The molecular weight excluding hydrogens is 424 g/mol. The quantitative estimate of drug-likeness (QED) is 0.430. The summed E-state index contributed by atoms with van der Waals surface area (Å²) < 4.78 is 27.1. The highest BCUT2D eigenvalue weighted by molar-refractivity contribution is 5.94. The van der Waals surface area contributed by atoms with Crippen molar-refractivity contribution in [3.05, 3.63) is 70.6 Å². The summed E-state index contributed by atoms with van der Waals surface area (Å²) in [5, 5.41) is 6.93. The second-order valence-corrected chi connectivity index (χ2v) is 7.56. The maximum Gasteiger partial charge on any atom is 0.251 e. The molecule has 0 aliphatic rings. The average molecular weight is 455 g/mol. The number of aryl methyl sites for hydroxylation is 2. The van der Waals surface area contributed by atoms with Gasteiger partial charge in [0.25, 0.3) is 5.91 Å². The van der Waals surface area contributed by atoms with Crippen molar-refractivity contribution in [2.75, 3.05) is 27.4 Å². The molecule has 0 bridgehead atoms. The Kier molecular flexibility index (Phi) is 8.32. The Balaban J connectivity index is 1.59. The molecule has 1 aromatic heterocycles. The van der Waals surface area contributed by atoms with Crippen LogP contribution in [0.15, 0.2) is 47.0 Å². The summed E-state index contributed by atoms with van der Waals surface area (Å²) in [6, 6.07) is 12.4. The first-order chi connectivity index (χ1) is 15.9. The molecule has 3 aromatic rings. The van der Waals surface area contributed by atoms with Gasteiger partial charge in [-0.05, 0) is 62.7 Å². The number of amides is 1. The van der Waals surface area contributed by atoms with Crippen LogP contribution in [0.4, 0.5) is 0 Å². The third-order valence-corrected chi connectivity index (χ3v) is 5.26. The second kappa shape index (κ2) is 11.4. The van der Waals surface area contributed by atoms with Gasteiger partial charge >= 0.3 is 0 Å². The van der Waals surface area contributed by atoms with Crippen molar-refractivity contribution >= 4 is 5.91 Å². The standard InChI is InChI=1S/C25H30N2O6/c1-16(20-8-11-23(24(14-20)30-5)31-13-12-29-4)26-25(28)19-6-9-21(10-7-19)32-15-22-17(2)27-33-18(22)3/h6-11,14,16H,12-13,15H2,1-5H3,(H,26,28). The maximum atomic E-state index is 12.7. The molecule has 2 aromatic carbocycles. The molecule has 8 nitrogen and oxygen atoms in total. The largest absolute Gasteiger partial charge is 0.493 e. The van der Waals surface area contributed by atoms with Gasteiger partial charge in [-0.1, -0.05) is 11.2 Å².